The Bertz CT molecular complexity index is 1170. The van der Waals surface area contributed by atoms with Crippen molar-refractivity contribution in [3.63, 3.8) is 0 Å². The van der Waals surface area contributed by atoms with Gasteiger partial charge in [0.1, 0.15) is 6.61 Å². The molecule has 32 heavy (non-hydrogen) atoms. The van der Waals surface area contributed by atoms with Gasteiger partial charge >= 0.3 is 0 Å². The topological polar surface area (TPSA) is 85.4 Å². The lowest BCUT2D eigenvalue weighted by Crippen LogP contribution is -2.00. The quantitative estimate of drug-likeness (QED) is 0.183. The third kappa shape index (κ3) is 5.73. The van der Waals surface area contributed by atoms with Gasteiger partial charge in [0.15, 0.2) is 11.5 Å². The van der Waals surface area contributed by atoms with Crippen LogP contribution in [-0.4, -0.2) is 11.5 Å². The standard InChI is InChI=1S/C26H24N2O4/c1-4-31-26-15-20(14-23(16-27)22-6-8-24(9-7-22)28(29)30)5-10-25(26)32-17-21-12-18(2)11-19(3)13-21/h5-15H,4,17H2,1-3H3. The second-order valence-corrected chi connectivity index (χ2v) is 7.40. The number of aryl methyl sites for hydroxylation is 2. The smallest absolute Gasteiger partial charge is 0.269 e. The van der Waals surface area contributed by atoms with Crippen molar-refractivity contribution in [2.75, 3.05) is 6.61 Å². The van der Waals surface area contributed by atoms with Gasteiger partial charge < -0.3 is 9.47 Å². The Balaban J connectivity index is 1.85. The molecule has 162 valence electrons. The van der Waals surface area contributed by atoms with Gasteiger partial charge in [-0.25, -0.2) is 0 Å². The first-order chi connectivity index (χ1) is 15.4. The van der Waals surface area contributed by atoms with E-state index in [0.717, 1.165) is 11.1 Å². The zero-order chi connectivity index (χ0) is 23.1. The molecule has 0 unspecified atom stereocenters. The van der Waals surface area contributed by atoms with E-state index in [1.54, 1.807) is 18.2 Å². The summed E-state index contributed by atoms with van der Waals surface area (Å²) in [5, 5.41) is 20.4. The van der Waals surface area contributed by atoms with E-state index >= 15 is 0 Å². The largest absolute Gasteiger partial charge is 0.490 e. The molecule has 0 amide bonds. The number of nitriles is 1. The monoisotopic (exact) mass is 428 g/mol. The van der Waals surface area contributed by atoms with E-state index in [1.165, 1.54) is 23.3 Å². The van der Waals surface area contributed by atoms with Crippen LogP contribution in [0.5, 0.6) is 11.5 Å². The van der Waals surface area contributed by atoms with E-state index in [1.807, 2.05) is 25.1 Å². The van der Waals surface area contributed by atoms with Crippen LogP contribution >= 0.6 is 0 Å². The molecule has 0 saturated heterocycles. The van der Waals surface area contributed by atoms with Gasteiger partial charge in [-0.2, -0.15) is 5.26 Å². The van der Waals surface area contributed by atoms with Gasteiger partial charge in [0.05, 0.1) is 23.2 Å². The fourth-order valence-corrected chi connectivity index (χ4v) is 3.42. The molecule has 0 spiro atoms. The summed E-state index contributed by atoms with van der Waals surface area (Å²) in [7, 11) is 0. The van der Waals surface area contributed by atoms with Gasteiger partial charge in [0.2, 0.25) is 0 Å². The number of nitro benzene ring substituents is 1. The Morgan fingerprint density at radius 2 is 1.69 bits per heavy atom. The molecule has 0 aliphatic heterocycles. The number of nitro groups is 1. The second-order valence-electron chi connectivity index (χ2n) is 7.40. The number of rotatable bonds is 8. The van der Waals surface area contributed by atoms with Crippen LogP contribution < -0.4 is 9.47 Å². The molecule has 0 fully saturated rings. The molecule has 0 bridgehead atoms. The van der Waals surface area contributed by atoms with Crippen molar-refractivity contribution in [2.24, 2.45) is 0 Å². The van der Waals surface area contributed by atoms with Crippen LogP contribution in [0.3, 0.4) is 0 Å². The second kappa shape index (κ2) is 10.3. The minimum Gasteiger partial charge on any atom is -0.490 e. The average Bonchev–Trinajstić information content (AvgIpc) is 2.76. The molecule has 0 aliphatic carbocycles. The summed E-state index contributed by atoms with van der Waals surface area (Å²) in [6.45, 7) is 6.90. The molecule has 6 heteroatoms. The highest BCUT2D eigenvalue weighted by Crippen LogP contribution is 2.31. The third-order valence-corrected chi connectivity index (χ3v) is 4.76. The van der Waals surface area contributed by atoms with Crippen molar-refractivity contribution in [3.8, 4) is 17.6 Å². The van der Waals surface area contributed by atoms with Gasteiger partial charge in [-0.1, -0.05) is 35.4 Å². The normalized spacial score (nSPS) is 11.0. The summed E-state index contributed by atoms with van der Waals surface area (Å²) in [6, 6.07) is 19.9. The summed E-state index contributed by atoms with van der Waals surface area (Å²) in [6.07, 6.45) is 1.72. The Kier molecular flexibility index (Phi) is 7.25. The number of ether oxygens (including phenoxy) is 2. The highest BCUT2D eigenvalue weighted by molar-refractivity contribution is 5.90. The number of hydrogen-bond donors (Lipinski definition) is 0. The van der Waals surface area contributed by atoms with E-state index in [2.05, 4.69) is 38.1 Å². The molecule has 3 aromatic carbocycles. The average molecular weight is 428 g/mol. The molecule has 0 heterocycles. The lowest BCUT2D eigenvalue weighted by atomic mass is 10.0. The number of allylic oxidation sites excluding steroid dienone is 1. The maximum atomic E-state index is 10.9. The van der Waals surface area contributed by atoms with Gasteiger partial charge in [0, 0.05) is 12.1 Å². The Morgan fingerprint density at radius 1 is 1.00 bits per heavy atom. The predicted molar refractivity (Wildman–Crippen MR) is 124 cm³/mol. The number of hydrogen-bond acceptors (Lipinski definition) is 5. The van der Waals surface area contributed by atoms with Crippen molar-refractivity contribution in [3.05, 3.63) is 98.6 Å². The van der Waals surface area contributed by atoms with E-state index < -0.39 is 4.92 Å². The van der Waals surface area contributed by atoms with Crippen molar-refractivity contribution < 1.29 is 14.4 Å². The van der Waals surface area contributed by atoms with Crippen LogP contribution in [0.4, 0.5) is 5.69 Å². The van der Waals surface area contributed by atoms with Crippen LogP contribution in [0.1, 0.15) is 34.7 Å². The first-order valence-corrected chi connectivity index (χ1v) is 10.2. The number of benzene rings is 3. The summed E-state index contributed by atoms with van der Waals surface area (Å²) in [4.78, 5) is 10.4. The van der Waals surface area contributed by atoms with Crippen LogP contribution in [0.15, 0.2) is 60.7 Å². The molecule has 0 aromatic heterocycles. The fourth-order valence-electron chi connectivity index (χ4n) is 3.42. The van der Waals surface area contributed by atoms with E-state index in [-0.39, 0.29) is 5.69 Å². The fraction of sp³-hybridized carbons (Fsp3) is 0.192. The highest BCUT2D eigenvalue weighted by Gasteiger charge is 2.10. The van der Waals surface area contributed by atoms with Gasteiger partial charge in [0.25, 0.3) is 5.69 Å². The lowest BCUT2D eigenvalue weighted by Gasteiger charge is -2.13. The van der Waals surface area contributed by atoms with Crippen molar-refractivity contribution in [2.45, 2.75) is 27.4 Å². The first-order valence-electron chi connectivity index (χ1n) is 10.2. The van der Waals surface area contributed by atoms with Gasteiger partial charge in [-0.05, 0) is 67.8 Å². The molecular weight excluding hydrogens is 404 g/mol. The molecular formula is C26H24N2O4. The minimum atomic E-state index is -0.468. The molecule has 0 N–H and O–H groups in total. The predicted octanol–water partition coefficient (Wildman–Crippen LogP) is 6.25. The third-order valence-electron chi connectivity index (χ3n) is 4.76. The minimum absolute atomic E-state index is 0.0185. The van der Waals surface area contributed by atoms with Crippen LogP contribution in [0, 0.1) is 35.3 Å². The van der Waals surface area contributed by atoms with Crippen LogP contribution in [-0.2, 0) is 6.61 Å². The maximum Gasteiger partial charge on any atom is 0.269 e. The van der Waals surface area contributed by atoms with Crippen molar-refractivity contribution in [1.82, 2.24) is 0 Å². The van der Waals surface area contributed by atoms with E-state index in [9.17, 15) is 15.4 Å². The Morgan fingerprint density at radius 3 is 2.28 bits per heavy atom. The molecule has 0 radical (unpaired) electrons. The lowest BCUT2D eigenvalue weighted by molar-refractivity contribution is -0.384. The van der Waals surface area contributed by atoms with Crippen LogP contribution in [0.25, 0.3) is 11.6 Å². The van der Waals surface area contributed by atoms with E-state index in [0.29, 0.717) is 35.8 Å². The van der Waals surface area contributed by atoms with Crippen molar-refractivity contribution >= 4 is 17.3 Å². The van der Waals surface area contributed by atoms with Crippen molar-refractivity contribution in [1.29, 1.82) is 5.26 Å². The Labute approximate surface area is 187 Å². The summed E-state index contributed by atoms with van der Waals surface area (Å²) >= 11 is 0. The van der Waals surface area contributed by atoms with Gasteiger partial charge in [-0.15, -0.1) is 0 Å². The molecule has 0 saturated carbocycles. The molecule has 6 nitrogen and oxygen atoms in total. The summed E-state index contributed by atoms with van der Waals surface area (Å²) in [5.74, 6) is 1.21. The zero-order valence-corrected chi connectivity index (χ0v) is 18.3. The highest BCUT2D eigenvalue weighted by atomic mass is 16.6. The summed E-state index contributed by atoms with van der Waals surface area (Å²) < 4.78 is 11.8. The molecule has 0 aliphatic rings. The number of non-ortho nitro benzene ring substituents is 1. The first kappa shape index (κ1) is 22.6. The summed E-state index contributed by atoms with van der Waals surface area (Å²) in [5.41, 5.74) is 5.20. The number of nitrogens with zero attached hydrogens (tertiary/aromatic N) is 2. The van der Waals surface area contributed by atoms with E-state index in [4.69, 9.17) is 9.47 Å². The Hall–Kier alpha value is -4.11. The molecule has 3 aromatic rings. The van der Waals surface area contributed by atoms with Gasteiger partial charge in [-0.3, -0.25) is 10.1 Å². The molecule has 0 atom stereocenters. The molecule has 3 rings (SSSR count). The SMILES string of the molecule is CCOc1cc(C=C(C#N)c2ccc([N+](=O)[O-])cc2)ccc1OCc1cc(C)cc(C)c1. The van der Waals surface area contributed by atoms with Crippen LogP contribution in [0.2, 0.25) is 0 Å². The zero-order valence-electron chi connectivity index (χ0n) is 18.3. The maximum absolute atomic E-state index is 10.9.